The van der Waals surface area contributed by atoms with Crippen molar-refractivity contribution >= 4 is 5.91 Å². The summed E-state index contributed by atoms with van der Waals surface area (Å²) in [6.07, 6.45) is 4.32. The molecule has 0 spiro atoms. The Morgan fingerprint density at radius 2 is 1.91 bits per heavy atom. The number of carbonyl (C=O) groups excluding carboxylic acids is 1. The number of likely N-dealkylation sites (tertiary alicyclic amines) is 1. The molecule has 0 aliphatic carbocycles. The van der Waals surface area contributed by atoms with Crippen LogP contribution in [0.5, 0.6) is 5.75 Å². The fourth-order valence-corrected chi connectivity index (χ4v) is 4.59. The van der Waals surface area contributed by atoms with Crippen molar-refractivity contribution in [3.05, 3.63) is 53.0 Å². The number of benzene rings is 1. The summed E-state index contributed by atoms with van der Waals surface area (Å²) in [5.41, 5.74) is 5.64. The molecule has 1 amide bonds. The molecular formula is C25H33N5O2. The van der Waals surface area contributed by atoms with Crippen LogP contribution in [0.3, 0.4) is 0 Å². The minimum Gasteiger partial charge on any atom is -0.494 e. The van der Waals surface area contributed by atoms with Gasteiger partial charge in [-0.05, 0) is 76.1 Å². The highest BCUT2D eigenvalue weighted by Crippen LogP contribution is 2.27. The number of H-pyrrole nitrogens is 1. The average molecular weight is 436 g/mol. The summed E-state index contributed by atoms with van der Waals surface area (Å²) in [5.74, 6) is 1.62. The second-order valence-electron chi connectivity index (χ2n) is 8.69. The summed E-state index contributed by atoms with van der Waals surface area (Å²) < 4.78 is 7.36. The Hall–Kier alpha value is -3.09. The van der Waals surface area contributed by atoms with Gasteiger partial charge in [0.05, 0.1) is 18.0 Å². The first-order chi connectivity index (χ1) is 15.5. The molecule has 7 heteroatoms. The lowest BCUT2D eigenvalue weighted by atomic mass is 9.90. The maximum Gasteiger partial charge on any atom is 0.271 e. The molecule has 1 fully saturated rings. The van der Waals surface area contributed by atoms with Gasteiger partial charge in [-0.3, -0.25) is 14.6 Å². The van der Waals surface area contributed by atoms with Crippen LogP contribution in [0.25, 0.3) is 11.3 Å². The van der Waals surface area contributed by atoms with Crippen LogP contribution in [0.4, 0.5) is 0 Å². The number of aromatic amines is 1. The first-order valence-electron chi connectivity index (χ1n) is 11.5. The summed E-state index contributed by atoms with van der Waals surface area (Å²) in [6, 6.07) is 10.3. The second kappa shape index (κ2) is 9.59. The van der Waals surface area contributed by atoms with E-state index in [0.29, 0.717) is 18.2 Å². The van der Waals surface area contributed by atoms with Crippen molar-refractivity contribution in [2.24, 2.45) is 13.0 Å². The van der Waals surface area contributed by atoms with Crippen LogP contribution >= 0.6 is 0 Å². The van der Waals surface area contributed by atoms with Gasteiger partial charge in [-0.15, -0.1) is 0 Å². The molecule has 4 rings (SSSR count). The van der Waals surface area contributed by atoms with Gasteiger partial charge in [0.15, 0.2) is 0 Å². The number of aromatic nitrogens is 4. The van der Waals surface area contributed by atoms with Gasteiger partial charge < -0.3 is 9.64 Å². The molecular weight excluding hydrogens is 402 g/mol. The maximum absolute atomic E-state index is 13.0. The topological polar surface area (TPSA) is 76.0 Å². The van der Waals surface area contributed by atoms with Crippen molar-refractivity contribution < 1.29 is 9.53 Å². The van der Waals surface area contributed by atoms with Crippen LogP contribution < -0.4 is 4.74 Å². The number of aryl methyl sites for hydroxylation is 3. The normalized spacial score (nSPS) is 14.7. The van der Waals surface area contributed by atoms with E-state index in [9.17, 15) is 4.79 Å². The quantitative estimate of drug-likeness (QED) is 0.600. The fraction of sp³-hybridized carbons (Fsp3) is 0.480. The van der Waals surface area contributed by atoms with E-state index < -0.39 is 0 Å². The first kappa shape index (κ1) is 22.1. The number of nitrogens with one attached hydrogen (secondary N) is 1. The number of nitrogens with zero attached hydrogens (tertiary/aromatic N) is 4. The summed E-state index contributed by atoms with van der Waals surface area (Å²) >= 11 is 0. The average Bonchev–Trinajstić information content (AvgIpc) is 3.37. The first-order valence-corrected chi connectivity index (χ1v) is 11.5. The molecule has 1 aliphatic rings. The van der Waals surface area contributed by atoms with Crippen molar-refractivity contribution in [1.29, 1.82) is 0 Å². The molecule has 170 valence electrons. The van der Waals surface area contributed by atoms with E-state index in [0.717, 1.165) is 67.2 Å². The highest BCUT2D eigenvalue weighted by molar-refractivity contribution is 5.93. The predicted octanol–water partition coefficient (Wildman–Crippen LogP) is 4.31. The molecule has 1 aromatic carbocycles. The Balaban J connectivity index is 1.30. The van der Waals surface area contributed by atoms with Gasteiger partial charge in [0, 0.05) is 31.4 Å². The van der Waals surface area contributed by atoms with Crippen LogP contribution in [0.15, 0.2) is 30.3 Å². The van der Waals surface area contributed by atoms with Crippen LogP contribution in [0, 0.1) is 19.8 Å². The largest absolute Gasteiger partial charge is 0.494 e. The smallest absolute Gasteiger partial charge is 0.271 e. The van der Waals surface area contributed by atoms with Crippen molar-refractivity contribution in [2.75, 3.05) is 19.7 Å². The van der Waals surface area contributed by atoms with E-state index in [1.807, 2.05) is 55.6 Å². The van der Waals surface area contributed by atoms with Gasteiger partial charge in [0.25, 0.3) is 5.91 Å². The zero-order valence-electron chi connectivity index (χ0n) is 19.5. The van der Waals surface area contributed by atoms with Gasteiger partial charge in [0.2, 0.25) is 0 Å². The Kier molecular flexibility index (Phi) is 6.63. The number of hydrogen-bond acceptors (Lipinski definition) is 4. The summed E-state index contributed by atoms with van der Waals surface area (Å²) in [4.78, 5) is 15.0. The van der Waals surface area contributed by atoms with Gasteiger partial charge in [-0.1, -0.05) is 12.1 Å². The third-order valence-corrected chi connectivity index (χ3v) is 6.55. The molecule has 0 atom stereocenters. The zero-order valence-corrected chi connectivity index (χ0v) is 19.5. The Labute approximate surface area is 189 Å². The SMILES string of the molecule is CCOc1ccc(CCC2CCN(C(=O)c3cc(-c4c(C)nn(C)c4C)n[nH]3)CC2)cc1. The van der Waals surface area contributed by atoms with E-state index >= 15 is 0 Å². The van der Waals surface area contributed by atoms with E-state index in [2.05, 4.69) is 27.4 Å². The van der Waals surface area contributed by atoms with Crippen molar-refractivity contribution in [3.63, 3.8) is 0 Å². The standard InChI is InChI=1S/C25H33N5O2/c1-5-32-21-10-8-19(9-11-21)6-7-20-12-14-30(15-13-20)25(31)23-16-22(26-27-23)24-17(2)28-29(4)18(24)3/h8-11,16,20H,5-7,12-15H2,1-4H3,(H,26,27). The Morgan fingerprint density at radius 3 is 2.53 bits per heavy atom. The summed E-state index contributed by atoms with van der Waals surface area (Å²) in [5, 5.41) is 11.8. The maximum atomic E-state index is 13.0. The number of carbonyl (C=O) groups is 1. The van der Waals surface area contributed by atoms with Gasteiger partial charge in [0.1, 0.15) is 11.4 Å². The molecule has 0 radical (unpaired) electrons. The highest BCUT2D eigenvalue weighted by atomic mass is 16.5. The third kappa shape index (κ3) is 4.71. The lowest BCUT2D eigenvalue weighted by Crippen LogP contribution is -2.38. The van der Waals surface area contributed by atoms with Gasteiger partial charge in [-0.2, -0.15) is 10.2 Å². The molecule has 32 heavy (non-hydrogen) atoms. The van der Waals surface area contributed by atoms with E-state index in [4.69, 9.17) is 4.74 Å². The number of piperidine rings is 1. The molecule has 3 heterocycles. The van der Waals surface area contributed by atoms with Crippen LogP contribution in [-0.4, -0.2) is 50.5 Å². The molecule has 1 saturated heterocycles. The number of hydrogen-bond donors (Lipinski definition) is 1. The Bertz CT molecular complexity index is 1060. The molecule has 3 aromatic rings. The molecule has 0 saturated carbocycles. The van der Waals surface area contributed by atoms with E-state index in [1.165, 1.54) is 5.56 Å². The fourth-order valence-electron chi connectivity index (χ4n) is 4.59. The number of ether oxygens (including phenoxy) is 1. The van der Waals surface area contributed by atoms with Crippen molar-refractivity contribution in [2.45, 2.75) is 46.5 Å². The molecule has 2 aromatic heterocycles. The second-order valence-corrected chi connectivity index (χ2v) is 8.69. The zero-order chi connectivity index (χ0) is 22.7. The lowest BCUT2D eigenvalue weighted by molar-refractivity contribution is 0.0681. The minimum absolute atomic E-state index is 0.0351. The van der Waals surface area contributed by atoms with Gasteiger partial charge in [-0.25, -0.2) is 0 Å². The molecule has 7 nitrogen and oxygen atoms in total. The molecule has 0 bridgehead atoms. The monoisotopic (exact) mass is 435 g/mol. The van der Waals surface area contributed by atoms with E-state index in [-0.39, 0.29) is 5.91 Å². The lowest BCUT2D eigenvalue weighted by Gasteiger charge is -2.31. The highest BCUT2D eigenvalue weighted by Gasteiger charge is 2.25. The minimum atomic E-state index is 0.0351. The predicted molar refractivity (Wildman–Crippen MR) is 125 cm³/mol. The van der Waals surface area contributed by atoms with Crippen molar-refractivity contribution in [3.8, 4) is 17.0 Å². The van der Waals surface area contributed by atoms with Gasteiger partial charge >= 0.3 is 0 Å². The van der Waals surface area contributed by atoms with Crippen LogP contribution in [0.1, 0.15) is 53.6 Å². The third-order valence-electron chi connectivity index (χ3n) is 6.55. The Morgan fingerprint density at radius 1 is 1.19 bits per heavy atom. The summed E-state index contributed by atoms with van der Waals surface area (Å²) in [7, 11) is 1.92. The summed E-state index contributed by atoms with van der Waals surface area (Å²) in [6.45, 7) is 8.27. The van der Waals surface area contributed by atoms with Crippen molar-refractivity contribution in [1.82, 2.24) is 24.9 Å². The number of amides is 1. The molecule has 1 aliphatic heterocycles. The van der Waals surface area contributed by atoms with E-state index in [1.54, 1.807) is 0 Å². The molecule has 1 N–H and O–H groups in total. The van der Waals surface area contributed by atoms with Crippen LogP contribution in [0.2, 0.25) is 0 Å². The molecule has 0 unspecified atom stereocenters. The van der Waals surface area contributed by atoms with Crippen LogP contribution in [-0.2, 0) is 13.5 Å². The number of rotatable bonds is 7.